The molecule has 144 valence electrons. The average molecular weight is 368 g/mol. The van der Waals surface area contributed by atoms with Crippen LogP contribution < -0.4 is 0 Å². The molecule has 9 nitrogen and oxygen atoms in total. The number of ketones is 3. The van der Waals surface area contributed by atoms with Gasteiger partial charge < -0.3 is 0 Å². The first-order chi connectivity index (χ1) is 12.0. The Morgan fingerprint density at radius 1 is 0.538 bits per heavy atom. The van der Waals surface area contributed by atoms with E-state index in [1.807, 2.05) is 0 Å². The minimum absolute atomic E-state index is 0.00751. The molecule has 0 aromatic heterocycles. The van der Waals surface area contributed by atoms with Gasteiger partial charge in [0.25, 0.3) is 0 Å². The van der Waals surface area contributed by atoms with Crippen LogP contribution in [0.15, 0.2) is 0 Å². The molecule has 0 aromatic rings. The van der Waals surface area contributed by atoms with E-state index in [-0.39, 0.29) is 19.5 Å². The van der Waals surface area contributed by atoms with Crippen molar-refractivity contribution in [3.05, 3.63) is 0 Å². The summed E-state index contributed by atoms with van der Waals surface area (Å²) in [7, 11) is 0. The Kier molecular flexibility index (Phi) is 9.86. The fraction of sp³-hybridized carbons (Fsp3) is 0.588. The van der Waals surface area contributed by atoms with Crippen LogP contribution in [0.5, 0.6) is 0 Å². The SMILES string of the molecule is CCC(=O)N(CCN(C(=O)CC(C)=O)C(=O)CC(C)=O)C(=O)CC(C)=O. The summed E-state index contributed by atoms with van der Waals surface area (Å²) in [4.78, 5) is 83.1. The number of hydrogen-bond acceptors (Lipinski definition) is 7. The van der Waals surface area contributed by atoms with E-state index in [0.717, 1.165) is 4.90 Å². The number of Topliss-reactive ketones (excluding diaryl/α,β-unsaturated/α-hetero) is 3. The number of amides is 4. The molecule has 0 N–H and O–H groups in total. The Balaban J connectivity index is 5.34. The molecule has 0 rings (SSSR count). The van der Waals surface area contributed by atoms with Crippen molar-refractivity contribution in [3.63, 3.8) is 0 Å². The van der Waals surface area contributed by atoms with Gasteiger partial charge in [-0.3, -0.25) is 43.4 Å². The molecular weight excluding hydrogens is 344 g/mol. The highest BCUT2D eigenvalue weighted by Gasteiger charge is 2.27. The van der Waals surface area contributed by atoms with Crippen LogP contribution in [0.3, 0.4) is 0 Å². The van der Waals surface area contributed by atoms with Gasteiger partial charge in [0.2, 0.25) is 23.6 Å². The van der Waals surface area contributed by atoms with Crippen molar-refractivity contribution in [1.29, 1.82) is 0 Å². The Hall–Kier alpha value is -2.71. The van der Waals surface area contributed by atoms with Crippen LogP contribution in [0.2, 0.25) is 0 Å². The molecule has 0 aromatic carbocycles. The van der Waals surface area contributed by atoms with Gasteiger partial charge in [-0.05, 0) is 20.8 Å². The van der Waals surface area contributed by atoms with Gasteiger partial charge in [-0.2, -0.15) is 0 Å². The molecule has 0 bridgehead atoms. The first kappa shape index (κ1) is 23.3. The van der Waals surface area contributed by atoms with Gasteiger partial charge in [0.15, 0.2) is 0 Å². The zero-order chi connectivity index (χ0) is 20.4. The van der Waals surface area contributed by atoms with Crippen LogP contribution in [0.1, 0.15) is 53.4 Å². The van der Waals surface area contributed by atoms with Gasteiger partial charge in [-0.1, -0.05) is 6.92 Å². The maximum absolute atomic E-state index is 12.1. The second-order valence-corrected chi connectivity index (χ2v) is 5.87. The summed E-state index contributed by atoms with van der Waals surface area (Å²) in [5.74, 6) is -4.29. The summed E-state index contributed by atoms with van der Waals surface area (Å²) >= 11 is 0. The van der Waals surface area contributed by atoms with Crippen LogP contribution in [-0.4, -0.2) is 63.9 Å². The monoisotopic (exact) mass is 368 g/mol. The van der Waals surface area contributed by atoms with Crippen molar-refractivity contribution in [3.8, 4) is 0 Å². The summed E-state index contributed by atoms with van der Waals surface area (Å²) in [5, 5.41) is 0. The Morgan fingerprint density at radius 3 is 1.04 bits per heavy atom. The van der Waals surface area contributed by atoms with Crippen molar-refractivity contribution in [2.45, 2.75) is 53.4 Å². The minimum Gasteiger partial charge on any atom is -0.299 e. The van der Waals surface area contributed by atoms with Crippen LogP contribution in [-0.2, 0) is 33.6 Å². The molecule has 0 atom stereocenters. The number of imide groups is 2. The van der Waals surface area contributed by atoms with Gasteiger partial charge >= 0.3 is 0 Å². The van der Waals surface area contributed by atoms with E-state index in [1.54, 1.807) is 0 Å². The predicted molar refractivity (Wildman–Crippen MR) is 89.6 cm³/mol. The second kappa shape index (κ2) is 11.0. The van der Waals surface area contributed by atoms with Gasteiger partial charge in [0, 0.05) is 19.5 Å². The lowest BCUT2D eigenvalue weighted by atomic mass is 10.2. The maximum Gasteiger partial charge on any atom is 0.236 e. The number of hydrogen-bond donors (Lipinski definition) is 0. The summed E-state index contributed by atoms with van der Waals surface area (Å²) in [6.45, 7) is 4.41. The number of carbonyl (C=O) groups excluding carboxylic acids is 7. The number of rotatable bonds is 10. The van der Waals surface area contributed by atoms with E-state index in [4.69, 9.17) is 0 Å². The smallest absolute Gasteiger partial charge is 0.236 e. The summed E-state index contributed by atoms with van der Waals surface area (Å²) in [5.41, 5.74) is 0. The highest BCUT2D eigenvalue weighted by atomic mass is 16.2. The van der Waals surface area contributed by atoms with Crippen molar-refractivity contribution >= 4 is 41.0 Å². The van der Waals surface area contributed by atoms with Crippen molar-refractivity contribution in [2.75, 3.05) is 13.1 Å². The molecule has 4 amide bonds. The lowest BCUT2D eigenvalue weighted by Crippen LogP contribution is -2.46. The number of nitrogens with zero attached hydrogens (tertiary/aromatic N) is 2. The topological polar surface area (TPSA) is 126 Å². The second-order valence-electron chi connectivity index (χ2n) is 5.87. The molecule has 0 saturated heterocycles. The van der Waals surface area contributed by atoms with Crippen LogP contribution in [0.25, 0.3) is 0 Å². The average Bonchev–Trinajstić information content (AvgIpc) is 2.48. The van der Waals surface area contributed by atoms with E-state index < -0.39 is 60.2 Å². The zero-order valence-electron chi connectivity index (χ0n) is 15.5. The molecule has 0 spiro atoms. The third kappa shape index (κ3) is 8.41. The third-order valence-electron chi connectivity index (χ3n) is 3.25. The molecule has 0 radical (unpaired) electrons. The molecule has 0 aliphatic rings. The molecule has 0 aliphatic heterocycles. The molecule has 0 unspecified atom stereocenters. The quantitative estimate of drug-likeness (QED) is 0.498. The van der Waals surface area contributed by atoms with Gasteiger partial charge in [-0.25, -0.2) is 0 Å². The normalized spacial score (nSPS) is 10.0. The molecule has 0 heterocycles. The predicted octanol–water partition coefficient (Wildman–Crippen LogP) is 0.0441. The van der Waals surface area contributed by atoms with Crippen molar-refractivity contribution in [1.82, 2.24) is 9.80 Å². The molecule has 0 aliphatic carbocycles. The van der Waals surface area contributed by atoms with Crippen LogP contribution in [0, 0.1) is 0 Å². The van der Waals surface area contributed by atoms with Gasteiger partial charge in [-0.15, -0.1) is 0 Å². The van der Waals surface area contributed by atoms with Crippen molar-refractivity contribution in [2.24, 2.45) is 0 Å². The first-order valence-corrected chi connectivity index (χ1v) is 8.14. The summed E-state index contributed by atoms with van der Waals surface area (Å²) < 4.78 is 0. The highest BCUT2D eigenvalue weighted by Crippen LogP contribution is 2.05. The third-order valence-corrected chi connectivity index (χ3v) is 3.25. The van der Waals surface area contributed by atoms with Gasteiger partial charge in [0.1, 0.15) is 17.3 Å². The molecule has 9 heteroatoms. The molecule has 0 fully saturated rings. The Labute approximate surface area is 151 Å². The maximum atomic E-state index is 12.1. The zero-order valence-corrected chi connectivity index (χ0v) is 15.5. The minimum atomic E-state index is -0.813. The highest BCUT2D eigenvalue weighted by molar-refractivity contribution is 6.08. The number of carbonyl (C=O) groups is 7. The van der Waals surface area contributed by atoms with E-state index in [9.17, 15) is 33.6 Å². The molecule has 0 saturated carbocycles. The lowest BCUT2D eigenvalue weighted by Gasteiger charge is -2.25. The lowest BCUT2D eigenvalue weighted by molar-refractivity contribution is -0.152. The largest absolute Gasteiger partial charge is 0.299 e. The standard InChI is InChI=1S/C17H24N2O7/c1-5-14(23)18(15(24)8-11(2)20)6-7-19(16(25)9-12(3)21)17(26)10-13(4)22/h5-10H2,1-4H3. The van der Waals surface area contributed by atoms with Crippen LogP contribution >= 0.6 is 0 Å². The molecule has 26 heavy (non-hydrogen) atoms. The van der Waals surface area contributed by atoms with E-state index in [0.29, 0.717) is 4.90 Å². The van der Waals surface area contributed by atoms with Gasteiger partial charge in [0.05, 0.1) is 19.3 Å². The Morgan fingerprint density at radius 2 is 0.808 bits per heavy atom. The Bertz CT molecular complexity index is 597. The van der Waals surface area contributed by atoms with E-state index in [2.05, 4.69) is 0 Å². The van der Waals surface area contributed by atoms with Crippen molar-refractivity contribution < 1.29 is 33.6 Å². The fourth-order valence-corrected chi connectivity index (χ4v) is 2.09. The first-order valence-electron chi connectivity index (χ1n) is 8.14. The van der Waals surface area contributed by atoms with E-state index in [1.165, 1.54) is 27.7 Å². The van der Waals surface area contributed by atoms with E-state index >= 15 is 0 Å². The molecular formula is C17H24N2O7. The summed E-state index contributed by atoms with van der Waals surface area (Å²) in [6, 6.07) is 0. The van der Waals surface area contributed by atoms with Crippen LogP contribution in [0.4, 0.5) is 0 Å². The summed E-state index contributed by atoms with van der Waals surface area (Å²) in [6.07, 6.45) is -1.56. The fourth-order valence-electron chi connectivity index (χ4n) is 2.09.